The summed E-state index contributed by atoms with van der Waals surface area (Å²) in [6.07, 6.45) is 3.44. The zero-order valence-electron chi connectivity index (χ0n) is 8.09. The Kier molecular flexibility index (Phi) is 2.31. The van der Waals surface area contributed by atoms with Gasteiger partial charge in [0.15, 0.2) is 11.0 Å². The first-order valence-corrected chi connectivity index (χ1v) is 5.91. The predicted octanol–water partition coefficient (Wildman–Crippen LogP) is 3.41. The van der Waals surface area contributed by atoms with E-state index in [1.54, 1.807) is 23.7 Å². The average molecular weight is 248 g/mol. The standard InChI is InChI=1S/C11H6ClN3S/c12-10-9-8(3-5-16-9)14-11(15-10)7-2-1-4-13-6-7/h1-6H. The topological polar surface area (TPSA) is 38.7 Å². The number of aromatic nitrogens is 3. The van der Waals surface area contributed by atoms with Crippen molar-refractivity contribution in [2.45, 2.75) is 0 Å². The number of hydrogen-bond acceptors (Lipinski definition) is 4. The van der Waals surface area contributed by atoms with Crippen LogP contribution in [-0.4, -0.2) is 15.0 Å². The van der Waals surface area contributed by atoms with Crippen LogP contribution in [0.3, 0.4) is 0 Å². The lowest BCUT2D eigenvalue weighted by Gasteiger charge is -2.00. The van der Waals surface area contributed by atoms with Crippen LogP contribution in [0.25, 0.3) is 21.6 Å². The molecule has 0 aliphatic carbocycles. The second-order valence-electron chi connectivity index (χ2n) is 3.21. The summed E-state index contributed by atoms with van der Waals surface area (Å²) in [6.45, 7) is 0. The van der Waals surface area contributed by atoms with Gasteiger partial charge in [-0.3, -0.25) is 4.98 Å². The molecule has 78 valence electrons. The zero-order valence-corrected chi connectivity index (χ0v) is 9.66. The third-order valence-electron chi connectivity index (χ3n) is 2.18. The number of nitrogens with zero attached hydrogens (tertiary/aromatic N) is 3. The normalized spacial score (nSPS) is 10.8. The number of hydrogen-bond donors (Lipinski definition) is 0. The van der Waals surface area contributed by atoms with Crippen molar-refractivity contribution in [3.05, 3.63) is 41.1 Å². The van der Waals surface area contributed by atoms with Crippen LogP contribution in [0.2, 0.25) is 5.15 Å². The van der Waals surface area contributed by atoms with Gasteiger partial charge in [-0.1, -0.05) is 11.6 Å². The van der Waals surface area contributed by atoms with Crippen LogP contribution in [0.15, 0.2) is 36.0 Å². The molecule has 3 nitrogen and oxygen atoms in total. The molecule has 0 aliphatic heterocycles. The van der Waals surface area contributed by atoms with Crippen molar-refractivity contribution in [3.8, 4) is 11.4 Å². The predicted molar refractivity (Wildman–Crippen MR) is 65.7 cm³/mol. The quantitative estimate of drug-likeness (QED) is 0.619. The van der Waals surface area contributed by atoms with Crippen LogP contribution in [0.1, 0.15) is 0 Å². The van der Waals surface area contributed by atoms with Crippen LogP contribution < -0.4 is 0 Å². The summed E-state index contributed by atoms with van der Waals surface area (Å²) in [4.78, 5) is 12.7. The van der Waals surface area contributed by atoms with Crippen molar-refractivity contribution in [2.75, 3.05) is 0 Å². The smallest absolute Gasteiger partial charge is 0.163 e. The van der Waals surface area contributed by atoms with Gasteiger partial charge in [-0.15, -0.1) is 11.3 Å². The van der Waals surface area contributed by atoms with Gasteiger partial charge in [-0.25, -0.2) is 9.97 Å². The summed E-state index contributed by atoms with van der Waals surface area (Å²) in [7, 11) is 0. The maximum atomic E-state index is 6.09. The zero-order chi connectivity index (χ0) is 11.0. The maximum Gasteiger partial charge on any atom is 0.163 e. The highest BCUT2D eigenvalue weighted by Crippen LogP contribution is 2.28. The largest absolute Gasteiger partial charge is 0.264 e. The van der Waals surface area contributed by atoms with E-state index in [-0.39, 0.29) is 0 Å². The lowest BCUT2D eigenvalue weighted by atomic mass is 10.2. The van der Waals surface area contributed by atoms with Gasteiger partial charge in [-0.2, -0.15) is 0 Å². The fourth-order valence-electron chi connectivity index (χ4n) is 1.45. The molecule has 0 bridgehead atoms. The Morgan fingerprint density at radius 1 is 1.19 bits per heavy atom. The number of halogens is 1. The molecule has 5 heteroatoms. The van der Waals surface area contributed by atoms with Crippen LogP contribution in [0.5, 0.6) is 0 Å². The summed E-state index contributed by atoms with van der Waals surface area (Å²) in [5.74, 6) is 0.615. The van der Waals surface area contributed by atoms with E-state index in [1.165, 1.54) is 0 Å². The first-order valence-electron chi connectivity index (χ1n) is 4.66. The molecule has 0 N–H and O–H groups in total. The molecule has 16 heavy (non-hydrogen) atoms. The number of thiophene rings is 1. The average Bonchev–Trinajstić information content (AvgIpc) is 2.79. The molecule has 0 saturated carbocycles. The molecular weight excluding hydrogens is 242 g/mol. The summed E-state index contributed by atoms with van der Waals surface area (Å²) in [5, 5.41) is 2.46. The lowest BCUT2D eigenvalue weighted by molar-refractivity contribution is 1.21. The van der Waals surface area contributed by atoms with Crippen molar-refractivity contribution >= 4 is 33.2 Å². The van der Waals surface area contributed by atoms with E-state index >= 15 is 0 Å². The summed E-state index contributed by atoms with van der Waals surface area (Å²) in [5.41, 5.74) is 1.75. The second-order valence-corrected chi connectivity index (χ2v) is 4.49. The number of pyridine rings is 1. The highest BCUT2D eigenvalue weighted by Gasteiger charge is 2.08. The van der Waals surface area contributed by atoms with Crippen LogP contribution in [-0.2, 0) is 0 Å². The van der Waals surface area contributed by atoms with Gasteiger partial charge in [0.25, 0.3) is 0 Å². The minimum absolute atomic E-state index is 0.499. The molecule has 0 unspecified atom stereocenters. The van der Waals surface area contributed by atoms with Crippen LogP contribution >= 0.6 is 22.9 Å². The number of fused-ring (bicyclic) bond motifs is 1. The van der Waals surface area contributed by atoms with E-state index in [2.05, 4.69) is 15.0 Å². The highest BCUT2D eigenvalue weighted by atomic mass is 35.5. The monoisotopic (exact) mass is 247 g/mol. The lowest BCUT2D eigenvalue weighted by Crippen LogP contribution is -1.89. The minimum atomic E-state index is 0.499. The maximum absolute atomic E-state index is 6.09. The SMILES string of the molecule is Clc1nc(-c2cccnc2)nc2ccsc12. The van der Waals surface area contributed by atoms with Crippen LogP contribution in [0, 0.1) is 0 Å². The molecule has 0 atom stereocenters. The molecule has 0 saturated heterocycles. The van der Waals surface area contributed by atoms with Gasteiger partial charge >= 0.3 is 0 Å². The first-order chi connectivity index (χ1) is 7.84. The van der Waals surface area contributed by atoms with E-state index in [0.29, 0.717) is 11.0 Å². The molecule has 3 heterocycles. The second kappa shape index (κ2) is 3.81. The molecular formula is C11H6ClN3S. The van der Waals surface area contributed by atoms with Crippen molar-refractivity contribution in [3.63, 3.8) is 0 Å². The van der Waals surface area contributed by atoms with Crippen molar-refractivity contribution in [2.24, 2.45) is 0 Å². The van der Waals surface area contributed by atoms with Gasteiger partial charge in [0.05, 0.1) is 10.2 Å². The van der Waals surface area contributed by atoms with E-state index in [1.807, 2.05) is 23.6 Å². The third kappa shape index (κ3) is 1.56. The molecule has 0 radical (unpaired) electrons. The molecule has 3 aromatic rings. The Morgan fingerprint density at radius 2 is 2.12 bits per heavy atom. The first kappa shape index (κ1) is 9.69. The molecule has 3 rings (SSSR count). The molecule has 0 amide bonds. The van der Waals surface area contributed by atoms with E-state index in [9.17, 15) is 0 Å². The van der Waals surface area contributed by atoms with Gasteiger partial charge in [0.1, 0.15) is 0 Å². The van der Waals surface area contributed by atoms with Gasteiger partial charge < -0.3 is 0 Å². The molecule has 0 aromatic carbocycles. The van der Waals surface area contributed by atoms with Gasteiger partial charge in [-0.05, 0) is 23.6 Å². The van der Waals surface area contributed by atoms with Crippen molar-refractivity contribution in [1.82, 2.24) is 15.0 Å². The van der Waals surface area contributed by atoms with Gasteiger partial charge in [0.2, 0.25) is 0 Å². The Bertz CT molecular complexity index is 636. The Balaban J connectivity index is 2.25. The summed E-state index contributed by atoms with van der Waals surface area (Å²) < 4.78 is 0.925. The van der Waals surface area contributed by atoms with Crippen molar-refractivity contribution in [1.29, 1.82) is 0 Å². The highest BCUT2D eigenvalue weighted by molar-refractivity contribution is 7.17. The Morgan fingerprint density at radius 3 is 2.94 bits per heavy atom. The third-order valence-corrected chi connectivity index (χ3v) is 3.48. The van der Waals surface area contributed by atoms with Crippen LogP contribution in [0.4, 0.5) is 0 Å². The molecule has 0 aliphatic rings. The van der Waals surface area contributed by atoms with Crippen molar-refractivity contribution < 1.29 is 0 Å². The fraction of sp³-hybridized carbons (Fsp3) is 0. The summed E-state index contributed by atoms with van der Waals surface area (Å²) in [6, 6.07) is 5.70. The van der Waals surface area contributed by atoms with E-state index < -0.39 is 0 Å². The number of rotatable bonds is 1. The fourth-order valence-corrected chi connectivity index (χ4v) is 2.47. The van der Waals surface area contributed by atoms with Gasteiger partial charge in [0, 0.05) is 18.0 Å². The molecule has 0 spiro atoms. The summed E-state index contributed by atoms with van der Waals surface area (Å²) >= 11 is 7.64. The van der Waals surface area contributed by atoms with E-state index in [0.717, 1.165) is 15.8 Å². The minimum Gasteiger partial charge on any atom is -0.264 e. The Hall–Kier alpha value is -1.52. The van der Waals surface area contributed by atoms with E-state index in [4.69, 9.17) is 11.6 Å². The molecule has 0 fully saturated rings. The Labute approximate surface area is 101 Å². The molecule has 3 aromatic heterocycles.